The topological polar surface area (TPSA) is 0 Å². The maximum absolute atomic E-state index is 6.02. The first-order valence-electron chi connectivity index (χ1n) is 6.80. The summed E-state index contributed by atoms with van der Waals surface area (Å²) in [7, 11) is -0.214. The molecule has 1 aromatic carbocycles. The summed E-state index contributed by atoms with van der Waals surface area (Å²) in [6.45, 7) is 14.2. The van der Waals surface area contributed by atoms with Crippen molar-refractivity contribution in [1.82, 2.24) is 0 Å². The Balaban J connectivity index is 3.25. The van der Waals surface area contributed by atoms with Gasteiger partial charge in [-0.2, -0.15) is 0 Å². The van der Waals surface area contributed by atoms with Crippen LogP contribution in [-0.2, 0) is 0 Å². The number of hydrogen-bond acceptors (Lipinski definition) is 0. The van der Waals surface area contributed by atoms with Crippen molar-refractivity contribution < 1.29 is 0 Å². The van der Waals surface area contributed by atoms with E-state index in [-0.39, 0.29) is 7.92 Å². The second-order valence-corrected chi connectivity index (χ2v) is 10.2. The molecule has 0 nitrogen and oxygen atoms in total. The molecule has 0 aromatic heterocycles. The molecule has 0 N–H and O–H groups in total. The van der Waals surface area contributed by atoms with E-state index in [9.17, 15) is 0 Å². The zero-order valence-electron chi connectivity index (χ0n) is 12.5. The van der Waals surface area contributed by atoms with Crippen molar-refractivity contribution in [2.45, 2.75) is 64.7 Å². The van der Waals surface area contributed by atoms with Crippen molar-refractivity contribution in [3.8, 4) is 0 Å². The van der Waals surface area contributed by atoms with Gasteiger partial charge in [-0.05, 0) is 40.6 Å². The van der Waals surface area contributed by atoms with Gasteiger partial charge in [-0.3, -0.25) is 0 Å². The Bertz CT molecular complexity index is 363. The fourth-order valence-corrected chi connectivity index (χ4v) is 6.67. The summed E-state index contributed by atoms with van der Waals surface area (Å²) in [5.41, 5.74) is 0. The van der Waals surface area contributed by atoms with Crippen molar-refractivity contribution in [3.05, 3.63) is 29.3 Å². The van der Waals surface area contributed by atoms with Crippen LogP contribution < -0.4 is 5.30 Å². The molecule has 0 aliphatic rings. The van der Waals surface area contributed by atoms with Crippen LogP contribution in [0.2, 0.25) is 5.02 Å². The zero-order valence-corrected chi connectivity index (χ0v) is 14.2. The fourth-order valence-electron chi connectivity index (χ4n) is 2.42. The Morgan fingerprint density at radius 3 is 1.61 bits per heavy atom. The molecule has 2 heteroatoms. The molecule has 0 amide bonds. The molecule has 102 valence electrons. The summed E-state index contributed by atoms with van der Waals surface area (Å²) >= 11 is 6.02. The Morgan fingerprint density at radius 2 is 1.28 bits per heavy atom. The minimum Gasteiger partial charge on any atom is -0.0843 e. The van der Waals surface area contributed by atoms with Crippen LogP contribution in [-0.4, -0.2) is 10.3 Å². The van der Waals surface area contributed by atoms with E-state index < -0.39 is 0 Å². The summed E-state index contributed by atoms with van der Waals surface area (Å²) in [6.07, 6.45) is 2.43. The third-order valence-electron chi connectivity index (χ3n) is 4.03. The van der Waals surface area contributed by atoms with E-state index in [0.29, 0.717) is 10.3 Å². The normalized spacial score (nSPS) is 13.1. The average molecular weight is 285 g/mol. The highest BCUT2D eigenvalue weighted by Gasteiger charge is 2.39. The third-order valence-corrected chi connectivity index (χ3v) is 8.15. The van der Waals surface area contributed by atoms with E-state index in [4.69, 9.17) is 11.6 Å². The first-order chi connectivity index (χ1) is 8.24. The van der Waals surface area contributed by atoms with Gasteiger partial charge in [-0.25, -0.2) is 0 Å². The first-order valence-corrected chi connectivity index (χ1v) is 8.52. The highest BCUT2D eigenvalue weighted by Crippen LogP contribution is 2.60. The summed E-state index contributed by atoms with van der Waals surface area (Å²) in [5, 5.41) is 3.04. The lowest BCUT2D eigenvalue weighted by molar-refractivity contribution is 0.610. The smallest absolute Gasteiger partial charge is 0.0406 e. The van der Waals surface area contributed by atoms with Crippen LogP contribution in [0.4, 0.5) is 0 Å². The third kappa shape index (κ3) is 3.49. The molecule has 0 saturated heterocycles. The highest BCUT2D eigenvalue weighted by atomic mass is 35.5. The predicted octanol–water partition coefficient (Wildman–Crippen LogP) is 5.82. The molecule has 0 spiro atoms. The van der Waals surface area contributed by atoms with E-state index >= 15 is 0 Å². The number of rotatable bonds is 5. The van der Waals surface area contributed by atoms with E-state index in [2.05, 4.69) is 53.7 Å². The van der Waals surface area contributed by atoms with E-state index in [0.717, 1.165) is 5.02 Å². The van der Waals surface area contributed by atoms with Gasteiger partial charge in [0.25, 0.3) is 0 Å². The van der Waals surface area contributed by atoms with Crippen LogP contribution >= 0.6 is 19.5 Å². The van der Waals surface area contributed by atoms with Crippen molar-refractivity contribution in [3.63, 3.8) is 0 Å². The molecule has 0 heterocycles. The quantitative estimate of drug-likeness (QED) is 0.597. The van der Waals surface area contributed by atoms with Crippen molar-refractivity contribution in [2.75, 3.05) is 0 Å². The van der Waals surface area contributed by atoms with Crippen molar-refractivity contribution in [2.24, 2.45) is 0 Å². The van der Waals surface area contributed by atoms with Crippen LogP contribution in [0, 0.1) is 0 Å². The molecule has 0 atom stereocenters. The molecule has 0 aliphatic heterocycles. The molecular formula is C16H26ClP. The van der Waals surface area contributed by atoms with Crippen LogP contribution in [0.3, 0.4) is 0 Å². The van der Waals surface area contributed by atoms with Gasteiger partial charge in [0.1, 0.15) is 0 Å². The molecular weight excluding hydrogens is 259 g/mol. The maximum Gasteiger partial charge on any atom is 0.0406 e. The van der Waals surface area contributed by atoms with E-state index in [1.165, 1.54) is 18.1 Å². The van der Waals surface area contributed by atoms with E-state index in [1.807, 2.05) is 12.1 Å². The SMILES string of the molecule is CCC(C)(C)P(c1ccc(Cl)cc1)C(C)(C)CC. The summed E-state index contributed by atoms with van der Waals surface area (Å²) in [6, 6.07) is 8.51. The standard InChI is InChI=1S/C16H26ClP/c1-7-15(3,4)18(16(5,6)8-2)14-11-9-13(17)10-12-14/h9-12H,7-8H2,1-6H3. The maximum atomic E-state index is 6.02. The first kappa shape index (κ1) is 16.0. The second-order valence-electron chi connectivity index (χ2n) is 6.14. The molecule has 0 fully saturated rings. The molecule has 1 rings (SSSR count). The molecule has 0 aliphatic carbocycles. The van der Waals surface area contributed by atoms with Gasteiger partial charge in [-0.1, -0.05) is 73.2 Å². The molecule has 0 saturated carbocycles. The zero-order chi connectivity index (χ0) is 14.0. The van der Waals surface area contributed by atoms with Gasteiger partial charge < -0.3 is 0 Å². The van der Waals surface area contributed by atoms with Gasteiger partial charge in [0, 0.05) is 5.02 Å². The minimum atomic E-state index is -0.214. The largest absolute Gasteiger partial charge is 0.0843 e. The van der Waals surface area contributed by atoms with Crippen LogP contribution in [0.25, 0.3) is 0 Å². The number of benzene rings is 1. The molecule has 18 heavy (non-hydrogen) atoms. The molecule has 0 bridgehead atoms. The number of halogens is 1. The Morgan fingerprint density at radius 1 is 0.889 bits per heavy atom. The Kier molecular flexibility index (Phi) is 5.27. The summed E-state index contributed by atoms with van der Waals surface area (Å²) in [4.78, 5) is 0. The van der Waals surface area contributed by atoms with Gasteiger partial charge in [0.05, 0.1) is 0 Å². The Labute approximate surface area is 119 Å². The average Bonchev–Trinajstić information content (AvgIpc) is 2.31. The lowest BCUT2D eigenvalue weighted by Gasteiger charge is -2.45. The van der Waals surface area contributed by atoms with Gasteiger partial charge >= 0.3 is 0 Å². The van der Waals surface area contributed by atoms with Crippen LogP contribution in [0.5, 0.6) is 0 Å². The minimum absolute atomic E-state index is 0.214. The van der Waals surface area contributed by atoms with E-state index in [1.54, 1.807) is 0 Å². The molecule has 0 unspecified atom stereocenters. The van der Waals surface area contributed by atoms with Crippen LogP contribution in [0.1, 0.15) is 54.4 Å². The van der Waals surface area contributed by atoms with Gasteiger partial charge in [0.15, 0.2) is 0 Å². The summed E-state index contributed by atoms with van der Waals surface area (Å²) < 4.78 is 0. The monoisotopic (exact) mass is 284 g/mol. The Hall–Kier alpha value is -0.0600. The van der Waals surface area contributed by atoms with Gasteiger partial charge in [0.2, 0.25) is 0 Å². The fraction of sp³-hybridized carbons (Fsp3) is 0.625. The van der Waals surface area contributed by atoms with Crippen molar-refractivity contribution >= 4 is 24.8 Å². The number of hydrogen-bond donors (Lipinski definition) is 0. The van der Waals surface area contributed by atoms with Crippen molar-refractivity contribution in [1.29, 1.82) is 0 Å². The molecule has 1 aromatic rings. The molecule has 0 radical (unpaired) electrons. The lowest BCUT2D eigenvalue weighted by atomic mass is 10.1. The van der Waals surface area contributed by atoms with Crippen LogP contribution in [0.15, 0.2) is 24.3 Å². The summed E-state index contributed by atoms with van der Waals surface area (Å²) in [5.74, 6) is 0. The highest BCUT2D eigenvalue weighted by molar-refractivity contribution is 7.68. The predicted molar refractivity (Wildman–Crippen MR) is 86.7 cm³/mol. The van der Waals surface area contributed by atoms with Gasteiger partial charge in [-0.15, -0.1) is 0 Å². The second kappa shape index (κ2) is 5.93. The lowest BCUT2D eigenvalue weighted by Crippen LogP contribution is -2.34.